The molecular formula is C27H23N3O3. The summed E-state index contributed by atoms with van der Waals surface area (Å²) in [5.41, 5.74) is 4.08. The number of ether oxygens (including phenoxy) is 3. The van der Waals surface area contributed by atoms with Crippen molar-refractivity contribution in [1.29, 1.82) is 5.26 Å². The fraction of sp³-hybridized carbons (Fsp3) is 0.148. The quantitative estimate of drug-likeness (QED) is 0.377. The Balaban J connectivity index is 1.53. The van der Waals surface area contributed by atoms with Crippen molar-refractivity contribution >= 4 is 0 Å². The van der Waals surface area contributed by atoms with Crippen LogP contribution in [0.5, 0.6) is 17.2 Å². The molecule has 0 aliphatic rings. The molecule has 6 heteroatoms. The SMILES string of the molecule is COc1ccc(Cc2nccc(-c3ccc(OCc4ccccc4)c(C#N)c3)n2)cc1OC. The molecule has 1 aromatic heterocycles. The van der Waals surface area contributed by atoms with Crippen molar-refractivity contribution in [3.8, 4) is 34.6 Å². The minimum absolute atomic E-state index is 0.401. The first kappa shape index (κ1) is 21.8. The Morgan fingerprint density at radius 1 is 0.818 bits per heavy atom. The molecule has 1 heterocycles. The summed E-state index contributed by atoms with van der Waals surface area (Å²) in [5, 5.41) is 9.64. The van der Waals surface area contributed by atoms with Gasteiger partial charge in [-0.25, -0.2) is 9.97 Å². The van der Waals surface area contributed by atoms with Gasteiger partial charge in [-0.15, -0.1) is 0 Å². The number of hydrogen-bond acceptors (Lipinski definition) is 6. The normalized spacial score (nSPS) is 10.3. The van der Waals surface area contributed by atoms with Crippen molar-refractivity contribution in [2.75, 3.05) is 14.2 Å². The van der Waals surface area contributed by atoms with Crippen molar-refractivity contribution < 1.29 is 14.2 Å². The van der Waals surface area contributed by atoms with E-state index in [1.54, 1.807) is 26.5 Å². The van der Waals surface area contributed by atoms with Crippen LogP contribution in [0.15, 0.2) is 79.0 Å². The Kier molecular flexibility index (Phi) is 6.81. The van der Waals surface area contributed by atoms with Crippen LogP contribution in [0.2, 0.25) is 0 Å². The van der Waals surface area contributed by atoms with Gasteiger partial charge in [0.2, 0.25) is 0 Å². The molecule has 0 saturated heterocycles. The molecule has 0 fully saturated rings. The van der Waals surface area contributed by atoms with E-state index in [2.05, 4.69) is 11.1 Å². The molecule has 0 N–H and O–H groups in total. The van der Waals surface area contributed by atoms with Gasteiger partial charge in [0.1, 0.15) is 24.3 Å². The molecule has 0 aliphatic heterocycles. The summed E-state index contributed by atoms with van der Waals surface area (Å²) in [6, 6.07) is 25.2. The van der Waals surface area contributed by atoms with E-state index in [0.29, 0.717) is 41.7 Å². The molecule has 0 radical (unpaired) electrons. The highest BCUT2D eigenvalue weighted by atomic mass is 16.5. The van der Waals surface area contributed by atoms with Gasteiger partial charge in [-0.2, -0.15) is 5.26 Å². The van der Waals surface area contributed by atoms with Crippen molar-refractivity contribution in [1.82, 2.24) is 9.97 Å². The van der Waals surface area contributed by atoms with Crippen molar-refractivity contribution in [3.63, 3.8) is 0 Å². The number of benzene rings is 3. The summed E-state index contributed by atoms with van der Waals surface area (Å²) >= 11 is 0. The van der Waals surface area contributed by atoms with Gasteiger partial charge in [0.15, 0.2) is 11.5 Å². The van der Waals surface area contributed by atoms with Crippen LogP contribution in [0.1, 0.15) is 22.5 Å². The highest BCUT2D eigenvalue weighted by Crippen LogP contribution is 2.29. The average molecular weight is 437 g/mol. The van der Waals surface area contributed by atoms with Crippen LogP contribution in [-0.4, -0.2) is 24.2 Å². The van der Waals surface area contributed by atoms with Gasteiger partial charge in [-0.1, -0.05) is 36.4 Å². The molecule has 4 aromatic rings. The van der Waals surface area contributed by atoms with E-state index in [1.807, 2.05) is 66.7 Å². The van der Waals surface area contributed by atoms with Crippen molar-refractivity contribution in [2.24, 2.45) is 0 Å². The zero-order valence-electron chi connectivity index (χ0n) is 18.5. The Morgan fingerprint density at radius 2 is 1.61 bits per heavy atom. The standard InChI is InChI=1S/C27H23N3O3/c1-31-25-10-8-20(14-26(25)32-2)15-27-29-13-12-23(30-27)21-9-11-24(22(16-21)17-28)33-18-19-6-4-3-5-7-19/h3-14,16H,15,18H2,1-2H3. The molecule has 0 amide bonds. The molecule has 3 aromatic carbocycles. The largest absolute Gasteiger partial charge is 0.493 e. The maximum absolute atomic E-state index is 9.64. The number of rotatable bonds is 8. The zero-order chi connectivity index (χ0) is 23.0. The third kappa shape index (κ3) is 5.28. The maximum Gasteiger partial charge on any atom is 0.161 e. The second kappa shape index (κ2) is 10.3. The lowest BCUT2D eigenvalue weighted by Crippen LogP contribution is -2.00. The third-order valence-corrected chi connectivity index (χ3v) is 5.15. The lowest BCUT2D eigenvalue weighted by atomic mass is 10.1. The minimum atomic E-state index is 0.401. The Labute approximate surface area is 193 Å². The number of aromatic nitrogens is 2. The molecule has 0 bridgehead atoms. The van der Waals surface area contributed by atoms with Crippen LogP contribution in [0.3, 0.4) is 0 Å². The highest BCUT2D eigenvalue weighted by Gasteiger charge is 2.10. The second-order valence-electron chi connectivity index (χ2n) is 7.32. The first-order chi connectivity index (χ1) is 16.2. The summed E-state index contributed by atoms with van der Waals surface area (Å²) in [4.78, 5) is 9.11. The summed E-state index contributed by atoms with van der Waals surface area (Å²) in [6.45, 7) is 0.401. The molecule has 0 atom stereocenters. The molecular weight excluding hydrogens is 414 g/mol. The smallest absolute Gasteiger partial charge is 0.161 e. The maximum atomic E-state index is 9.64. The topological polar surface area (TPSA) is 77.3 Å². The van der Waals surface area contributed by atoms with E-state index >= 15 is 0 Å². The Morgan fingerprint density at radius 3 is 2.36 bits per heavy atom. The van der Waals surface area contributed by atoms with Gasteiger partial charge >= 0.3 is 0 Å². The summed E-state index contributed by atoms with van der Waals surface area (Å²) < 4.78 is 16.6. The minimum Gasteiger partial charge on any atom is -0.493 e. The Hall–Kier alpha value is -4.37. The zero-order valence-corrected chi connectivity index (χ0v) is 18.5. The number of methoxy groups -OCH3 is 2. The van der Waals surface area contributed by atoms with E-state index in [0.717, 1.165) is 22.4 Å². The Bertz CT molecular complexity index is 1280. The lowest BCUT2D eigenvalue weighted by molar-refractivity contribution is 0.305. The van der Waals surface area contributed by atoms with Crippen LogP contribution in [0, 0.1) is 11.3 Å². The molecule has 0 saturated carbocycles. The predicted octanol–water partition coefficient (Wildman–Crippen LogP) is 5.20. The third-order valence-electron chi connectivity index (χ3n) is 5.15. The fourth-order valence-electron chi connectivity index (χ4n) is 3.46. The van der Waals surface area contributed by atoms with Gasteiger partial charge in [0.05, 0.1) is 25.5 Å². The summed E-state index contributed by atoms with van der Waals surface area (Å²) in [5.74, 6) is 2.55. The lowest BCUT2D eigenvalue weighted by Gasteiger charge is -2.11. The van der Waals surface area contributed by atoms with Crippen LogP contribution in [0.25, 0.3) is 11.3 Å². The molecule has 164 valence electrons. The molecule has 4 rings (SSSR count). The molecule has 33 heavy (non-hydrogen) atoms. The van der Waals surface area contributed by atoms with Gasteiger partial charge in [0.25, 0.3) is 0 Å². The van der Waals surface area contributed by atoms with E-state index in [4.69, 9.17) is 19.2 Å². The molecule has 0 unspecified atom stereocenters. The van der Waals surface area contributed by atoms with E-state index in [9.17, 15) is 5.26 Å². The van der Waals surface area contributed by atoms with Crippen LogP contribution in [-0.2, 0) is 13.0 Å². The molecule has 6 nitrogen and oxygen atoms in total. The van der Waals surface area contributed by atoms with Crippen molar-refractivity contribution in [3.05, 3.63) is 102 Å². The summed E-state index contributed by atoms with van der Waals surface area (Å²) in [7, 11) is 3.22. The fourth-order valence-corrected chi connectivity index (χ4v) is 3.46. The predicted molar refractivity (Wildman–Crippen MR) is 125 cm³/mol. The van der Waals surface area contributed by atoms with E-state index < -0.39 is 0 Å². The van der Waals surface area contributed by atoms with Gasteiger partial charge in [-0.3, -0.25) is 0 Å². The van der Waals surface area contributed by atoms with Crippen LogP contribution >= 0.6 is 0 Å². The van der Waals surface area contributed by atoms with Crippen LogP contribution in [0.4, 0.5) is 0 Å². The highest BCUT2D eigenvalue weighted by molar-refractivity contribution is 5.64. The summed E-state index contributed by atoms with van der Waals surface area (Å²) in [6.07, 6.45) is 2.27. The van der Waals surface area contributed by atoms with Gasteiger partial charge in [-0.05, 0) is 47.5 Å². The number of hydrogen-bond donors (Lipinski definition) is 0. The van der Waals surface area contributed by atoms with Crippen LogP contribution < -0.4 is 14.2 Å². The second-order valence-corrected chi connectivity index (χ2v) is 7.32. The van der Waals surface area contributed by atoms with Crippen molar-refractivity contribution in [2.45, 2.75) is 13.0 Å². The average Bonchev–Trinajstić information content (AvgIpc) is 2.88. The van der Waals surface area contributed by atoms with Gasteiger partial charge < -0.3 is 14.2 Å². The van der Waals surface area contributed by atoms with E-state index in [-0.39, 0.29) is 0 Å². The van der Waals surface area contributed by atoms with Gasteiger partial charge in [0, 0.05) is 18.2 Å². The number of nitriles is 1. The first-order valence-electron chi connectivity index (χ1n) is 10.4. The molecule has 0 spiro atoms. The van der Waals surface area contributed by atoms with E-state index in [1.165, 1.54) is 0 Å². The monoisotopic (exact) mass is 437 g/mol. The molecule has 0 aliphatic carbocycles. The first-order valence-corrected chi connectivity index (χ1v) is 10.4. The number of nitrogens with zero attached hydrogens (tertiary/aromatic N) is 3.